The molecule has 0 bridgehead atoms. The van der Waals surface area contributed by atoms with E-state index in [1.807, 2.05) is 18.2 Å². The van der Waals surface area contributed by atoms with Gasteiger partial charge in [0.2, 0.25) is 0 Å². The number of hydrogen-bond donors (Lipinski definition) is 1. The highest BCUT2D eigenvalue weighted by atomic mass is 16.5. The van der Waals surface area contributed by atoms with Crippen LogP contribution in [0.3, 0.4) is 0 Å². The predicted molar refractivity (Wildman–Crippen MR) is 119 cm³/mol. The number of carbonyl (C=O) groups excluding carboxylic acids is 1. The van der Waals surface area contributed by atoms with Crippen LogP contribution < -0.4 is 19.5 Å². The minimum Gasteiger partial charge on any atom is -0.493 e. The van der Waals surface area contributed by atoms with Gasteiger partial charge in [-0.25, -0.2) is 0 Å². The molecule has 31 heavy (non-hydrogen) atoms. The van der Waals surface area contributed by atoms with Gasteiger partial charge in [0.25, 0.3) is 5.91 Å². The summed E-state index contributed by atoms with van der Waals surface area (Å²) in [6.07, 6.45) is 1.68. The van der Waals surface area contributed by atoms with E-state index < -0.39 is 0 Å². The molecule has 0 radical (unpaired) electrons. The number of nitrogens with zero attached hydrogens (tertiary/aromatic N) is 1. The smallest absolute Gasteiger partial charge is 0.251 e. The van der Waals surface area contributed by atoms with Crippen LogP contribution in [0.15, 0.2) is 55.1 Å². The first-order chi connectivity index (χ1) is 15.2. The van der Waals surface area contributed by atoms with Crippen LogP contribution in [0.1, 0.15) is 22.0 Å². The van der Waals surface area contributed by atoms with Crippen LogP contribution in [-0.4, -0.2) is 64.5 Å². The molecule has 2 aromatic rings. The molecule has 3 rings (SSSR count). The monoisotopic (exact) mass is 426 g/mol. The molecule has 0 aromatic heterocycles. The van der Waals surface area contributed by atoms with Gasteiger partial charge in [0.15, 0.2) is 11.5 Å². The van der Waals surface area contributed by atoms with Crippen LogP contribution in [0.5, 0.6) is 17.2 Å². The van der Waals surface area contributed by atoms with Crippen molar-refractivity contribution in [3.05, 3.63) is 66.2 Å². The molecule has 0 aliphatic carbocycles. The molecule has 1 aliphatic heterocycles. The highest BCUT2D eigenvalue weighted by molar-refractivity contribution is 5.94. The van der Waals surface area contributed by atoms with Crippen LogP contribution in [-0.2, 0) is 4.74 Å². The van der Waals surface area contributed by atoms with E-state index in [9.17, 15) is 4.79 Å². The second kappa shape index (κ2) is 11.4. The maximum absolute atomic E-state index is 12.8. The third kappa shape index (κ3) is 5.99. The van der Waals surface area contributed by atoms with Gasteiger partial charge in [-0.2, -0.15) is 0 Å². The highest BCUT2D eigenvalue weighted by Crippen LogP contribution is 2.32. The van der Waals surface area contributed by atoms with Crippen LogP contribution in [0.25, 0.3) is 0 Å². The van der Waals surface area contributed by atoms with Gasteiger partial charge in [-0.15, -0.1) is 0 Å². The standard InChI is InChI=1S/C24H30N2O5/c1-4-13-31-20-8-5-18(6-9-20)24(27)25-17-21(26-11-14-30-15-12-26)19-7-10-22(28-2)23(16-19)29-3/h4-10,16,21H,1,11-15,17H2,2-3H3,(H,25,27). The first-order valence-corrected chi connectivity index (χ1v) is 10.3. The Morgan fingerprint density at radius 1 is 1.13 bits per heavy atom. The second-order valence-corrected chi connectivity index (χ2v) is 7.11. The van der Waals surface area contributed by atoms with Crippen LogP contribution in [0.2, 0.25) is 0 Å². The SMILES string of the molecule is C=CCOc1ccc(C(=O)NCC(c2ccc(OC)c(OC)c2)N2CCOCC2)cc1. The zero-order valence-corrected chi connectivity index (χ0v) is 18.1. The molecular formula is C24H30N2O5. The summed E-state index contributed by atoms with van der Waals surface area (Å²) in [7, 11) is 3.24. The van der Waals surface area contributed by atoms with Crippen molar-refractivity contribution in [2.75, 3.05) is 53.7 Å². The Bertz CT molecular complexity index is 863. The van der Waals surface area contributed by atoms with Gasteiger partial charge in [-0.3, -0.25) is 9.69 Å². The number of hydrogen-bond acceptors (Lipinski definition) is 6. The highest BCUT2D eigenvalue weighted by Gasteiger charge is 2.24. The molecule has 7 heteroatoms. The summed E-state index contributed by atoms with van der Waals surface area (Å²) in [5.41, 5.74) is 1.63. The van der Waals surface area contributed by atoms with Crippen molar-refractivity contribution in [3.8, 4) is 17.2 Å². The lowest BCUT2D eigenvalue weighted by Gasteiger charge is -2.35. The van der Waals surface area contributed by atoms with E-state index in [0.717, 1.165) is 18.7 Å². The largest absolute Gasteiger partial charge is 0.493 e. The number of morpholine rings is 1. The summed E-state index contributed by atoms with van der Waals surface area (Å²) >= 11 is 0. The number of amides is 1. The predicted octanol–water partition coefficient (Wildman–Crippen LogP) is 3.07. The number of benzene rings is 2. The first kappa shape index (κ1) is 22.7. The molecule has 1 N–H and O–H groups in total. The number of carbonyl (C=O) groups is 1. The summed E-state index contributed by atoms with van der Waals surface area (Å²) in [6.45, 7) is 7.45. The molecule has 1 saturated heterocycles. The van der Waals surface area contributed by atoms with Gasteiger partial charge in [-0.05, 0) is 42.0 Å². The van der Waals surface area contributed by atoms with Gasteiger partial charge in [0.1, 0.15) is 12.4 Å². The molecule has 2 aromatic carbocycles. The maximum Gasteiger partial charge on any atom is 0.251 e. The van der Waals surface area contributed by atoms with Crippen molar-refractivity contribution >= 4 is 5.91 Å². The van der Waals surface area contributed by atoms with Crippen molar-refractivity contribution in [3.63, 3.8) is 0 Å². The molecule has 0 saturated carbocycles. The molecule has 166 valence electrons. The van der Waals surface area contributed by atoms with Crippen LogP contribution in [0.4, 0.5) is 0 Å². The van der Waals surface area contributed by atoms with Gasteiger partial charge < -0.3 is 24.3 Å². The minimum atomic E-state index is -0.131. The molecule has 1 atom stereocenters. The second-order valence-electron chi connectivity index (χ2n) is 7.11. The maximum atomic E-state index is 12.8. The number of rotatable bonds is 10. The van der Waals surface area contributed by atoms with E-state index in [1.165, 1.54) is 0 Å². The van der Waals surface area contributed by atoms with E-state index in [4.69, 9.17) is 18.9 Å². The molecule has 1 aliphatic rings. The Morgan fingerprint density at radius 2 is 1.84 bits per heavy atom. The van der Waals surface area contributed by atoms with E-state index in [-0.39, 0.29) is 11.9 Å². The number of nitrogens with one attached hydrogen (secondary N) is 1. The lowest BCUT2D eigenvalue weighted by molar-refractivity contribution is 0.0162. The van der Waals surface area contributed by atoms with Gasteiger partial charge in [0.05, 0.1) is 33.5 Å². The van der Waals surface area contributed by atoms with Gasteiger partial charge in [0, 0.05) is 25.2 Å². The molecule has 1 unspecified atom stereocenters. The molecular weight excluding hydrogens is 396 g/mol. The fourth-order valence-electron chi connectivity index (χ4n) is 3.56. The molecule has 1 heterocycles. The van der Waals surface area contributed by atoms with Crippen molar-refractivity contribution in [1.82, 2.24) is 10.2 Å². The van der Waals surface area contributed by atoms with E-state index in [0.29, 0.717) is 49.2 Å². The Labute approximate surface area is 183 Å². The van der Waals surface area contributed by atoms with Crippen molar-refractivity contribution < 1.29 is 23.7 Å². The topological polar surface area (TPSA) is 69.3 Å². The minimum absolute atomic E-state index is 0.0112. The zero-order chi connectivity index (χ0) is 22.1. The zero-order valence-electron chi connectivity index (χ0n) is 18.1. The summed E-state index contributed by atoms with van der Waals surface area (Å²) in [4.78, 5) is 15.1. The van der Waals surface area contributed by atoms with Gasteiger partial charge in [-0.1, -0.05) is 18.7 Å². The Kier molecular flexibility index (Phi) is 8.32. The van der Waals surface area contributed by atoms with Gasteiger partial charge >= 0.3 is 0 Å². The molecule has 7 nitrogen and oxygen atoms in total. The number of methoxy groups -OCH3 is 2. The summed E-state index contributed by atoms with van der Waals surface area (Å²) in [5, 5.41) is 3.07. The summed E-state index contributed by atoms with van der Waals surface area (Å²) in [6, 6.07) is 12.9. The molecule has 1 fully saturated rings. The third-order valence-electron chi connectivity index (χ3n) is 5.22. The molecule has 1 amide bonds. The van der Waals surface area contributed by atoms with E-state index >= 15 is 0 Å². The fourth-order valence-corrected chi connectivity index (χ4v) is 3.56. The average Bonchev–Trinajstić information content (AvgIpc) is 2.83. The first-order valence-electron chi connectivity index (χ1n) is 10.3. The molecule has 0 spiro atoms. The van der Waals surface area contributed by atoms with Crippen LogP contribution >= 0.6 is 0 Å². The quantitative estimate of drug-likeness (QED) is 0.589. The Morgan fingerprint density at radius 3 is 2.48 bits per heavy atom. The lowest BCUT2D eigenvalue weighted by Crippen LogP contribution is -2.43. The van der Waals surface area contributed by atoms with Crippen molar-refractivity contribution in [1.29, 1.82) is 0 Å². The normalized spacial score (nSPS) is 15.0. The van der Waals surface area contributed by atoms with E-state index in [1.54, 1.807) is 44.6 Å². The summed E-state index contributed by atoms with van der Waals surface area (Å²) < 4.78 is 21.8. The Hall–Kier alpha value is -3.03. The third-order valence-corrected chi connectivity index (χ3v) is 5.22. The van der Waals surface area contributed by atoms with E-state index in [2.05, 4.69) is 16.8 Å². The lowest BCUT2D eigenvalue weighted by atomic mass is 10.0. The fraction of sp³-hybridized carbons (Fsp3) is 0.375. The Balaban J connectivity index is 1.73. The van der Waals surface area contributed by atoms with Crippen LogP contribution in [0, 0.1) is 0 Å². The van der Waals surface area contributed by atoms with Crippen molar-refractivity contribution in [2.45, 2.75) is 6.04 Å². The number of ether oxygens (including phenoxy) is 4. The summed E-state index contributed by atoms with van der Waals surface area (Å²) in [5.74, 6) is 1.91. The van der Waals surface area contributed by atoms with Crippen molar-refractivity contribution in [2.24, 2.45) is 0 Å². The average molecular weight is 427 g/mol.